The van der Waals surface area contributed by atoms with E-state index in [0.29, 0.717) is 33.4 Å². The van der Waals surface area contributed by atoms with Gasteiger partial charge in [-0.05, 0) is 17.7 Å². The fourth-order valence-electron chi connectivity index (χ4n) is 1.58. The Kier molecular flexibility index (Phi) is 3.36. The van der Waals surface area contributed by atoms with Gasteiger partial charge < -0.3 is 4.74 Å². The minimum Gasteiger partial charge on any atom is -0.496 e. The van der Waals surface area contributed by atoms with Crippen molar-refractivity contribution >= 4 is 6.29 Å². The Morgan fingerprint density at radius 1 is 1.39 bits per heavy atom. The van der Waals surface area contributed by atoms with Crippen molar-refractivity contribution < 1.29 is 18.3 Å². The molecule has 0 unspecified atom stereocenters. The summed E-state index contributed by atoms with van der Waals surface area (Å²) in [6, 6.07) is 4.83. The zero-order valence-corrected chi connectivity index (χ0v) is 9.51. The number of alkyl halides is 2. The second kappa shape index (κ2) is 4.95. The summed E-state index contributed by atoms with van der Waals surface area (Å²) in [6.45, 7) is -2.67. The summed E-state index contributed by atoms with van der Waals surface area (Å²) in [5.41, 5.74) is 1.60. The number of aldehydes is 1. The number of hydrogen-bond donors (Lipinski definition) is 0. The summed E-state index contributed by atoms with van der Waals surface area (Å²) in [7, 11) is 1.44. The lowest BCUT2D eigenvalue weighted by Gasteiger charge is -2.05. The third-order valence-corrected chi connectivity index (χ3v) is 2.50. The lowest BCUT2D eigenvalue weighted by atomic mass is 10.1. The zero-order valence-electron chi connectivity index (χ0n) is 9.51. The van der Waals surface area contributed by atoms with Gasteiger partial charge in [-0.25, -0.2) is 4.68 Å². The van der Waals surface area contributed by atoms with E-state index in [-0.39, 0.29) is 0 Å². The Labute approximate surface area is 102 Å². The van der Waals surface area contributed by atoms with Gasteiger partial charge in [0.05, 0.1) is 18.9 Å². The summed E-state index contributed by atoms with van der Waals surface area (Å²) >= 11 is 0. The van der Waals surface area contributed by atoms with Crippen molar-refractivity contribution in [2.45, 2.75) is 6.55 Å². The van der Waals surface area contributed by atoms with Crippen LogP contribution < -0.4 is 4.74 Å². The number of carbonyl (C=O) groups is 1. The summed E-state index contributed by atoms with van der Waals surface area (Å²) in [6.07, 6.45) is 3.24. The Balaban J connectivity index is 2.41. The molecule has 1 aromatic heterocycles. The second-order valence-electron chi connectivity index (χ2n) is 3.56. The van der Waals surface area contributed by atoms with E-state index in [1.54, 1.807) is 18.2 Å². The van der Waals surface area contributed by atoms with Crippen LogP contribution in [0.2, 0.25) is 0 Å². The van der Waals surface area contributed by atoms with Crippen LogP contribution in [0.15, 0.2) is 30.6 Å². The molecule has 0 saturated heterocycles. The molecule has 1 aromatic carbocycles. The van der Waals surface area contributed by atoms with E-state index in [4.69, 9.17) is 4.74 Å². The van der Waals surface area contributed by atoms with Gasteiger partial charge in [-0.2, -0.15) is 13.9 Å². The maximum Gasteiger partial charge on any atom is 0.333 e. The fourth-order valence-corrected chi connectivity index (χ4v) is 1.58. The Hall–Kier alpha value is -2.24. The number of aromatic nitrogens is 2. The molecule has 0 aliphatic carbocycles. The van der Waals surface area contributed by atoms with Gasteiger partial charge in [0.25, 0.3) is 0 Å². The molecule has 0 N–H and O–H groups in total. The van der Waals surface area contributed by atoms with E-state index in [1.165, 1.54) is 19.5 Å². The highest BCUT2D eigenvalue weighted by Gasteiger charge is 2.10. The van der Waals surface area contributed by atoms with E-state index < -0.39 is 6.55 Å². The molecular weight excluding hydrogens is 242 g/mol. The Morgan fingerprint density at radius 2 is 2.17 bits per heavy atom. The Bertz CT molecular complexity index is 567. The zero-order chi connectivity index (χ0) is 13.1. The molecule has 0 atom stereocenters. The van der Waals surface area contributed by atoms with Crippen molar-refractivity contribution in [2.24, 2.45) is 0 Å². The number of carbonyl (C=O) groups excluding carboxylic acids is 1. The number of nitrogens with zero attached hydrogens (tertiary/aromatic N) is 2. The predicted molar refractivity (Wildman–Crippen MR) is 60.9 cm³/mol. The number of benzene rings is 1. The monoisotopic (exact) mass is 252 g/mol. The minimum absolute atomic E-state index is 0.396. The maximum atomic E-state index is 12.4. The molecule has 0 bridgehead atoms. The fraction of sp³-hybridized carbons (Fsp3) is 0.167. The number of rotatable bonds is 4. The van der Waals surface area contributed by atoms with Crippen molar-refractivity contribution in [3.63, 3.8) is 0 Å². The number of methoxy groups -OCH3 is 1. The molecule has 6 heteroatoms. The molecule has 0 radical (unpaired) electrons. The molecular formula is C12H10F2N2O2. The average Bonchev–Trinajstić information content (AvgIpc) is 2.87. The molecule has 18 heavy (non-hydrogen) atoms. The molecule has 0 saturated carbocycles. The lowest BCUT2D eigenvalue weighted by Crippen LogP contribution is -1.96. The molecule has 1 heterocycles. The van der Waals surface area contributed by atoms with E-state index >= 15 is 0 Å². The van der Waals surface area contributed by atoms with Crippen molar-refractivity contribution in [3.8, 4) is 16.9 Å². The molecule has 2 aromatic rings. The average molecular weight is 252 g/mol. The highest BCUT2D eigenvalue weighted by atomic mass is 19.3. The summed E-state index contributed by atoms with van der Waals surface area (Å²) in [5.74, 6) is 0.396. The maximum absolute atomic E-state index is 12.4. The number of ether oxygens (including phenoxy) is 1. The highest BCUT2D eigenvalue weighted by molar-refractivity contribution is 5.81. The third kappa shape index (κ3) is 2.22. The van der Waals surface area contributed by atoms with Crippen molar-refractivity contribution in [1.82, 2.24) is 9.78 Å². The van der Waals surface area contributed by atoms with Crippen LogP contribution in [0.4, 0.5) is 8.78 Å². The summed E-state index contributed by atoms with van der Waals surface area (Å²) in [4.78, 5) is 10.7. The number of halogens is 2. The highest BCUT2D eigenvalue weighted by Crippen LogP contribution is 2.27. The smallest absolute Gasteiger partial charge is 0.333 e. The topological polar surface area (TPSA) is 44.1 Å². The van der Waals surface area contributed by atoms with Crippen LogP contribution in [0.3, 0.4) is 0 Å². The lowest BCUT2D eigenvalue weighted by molar-refractivity contribution is 0.0566. The molecule has 0 fully saturated rings. The van der Waals surface area contributed by atoms with Gasteiger partial charge in [0.1, 0.15) is 5.75 Å². The van der Waals surface area contributed by atoms with E-state index in [0.717, 1.165) is 0 Å². The van der Waals surface area contributed by atoms with E-state index in [2.05, 4.69) is 5.10 Å². The van der Waals surface area contributed by atoms with Crippen LogP contribution in [0, 0.1) is 0 Å². The minimum atomic E-state index is -2.67. The molecule has 0 amide bonds. The standard InChI is InChI=1S/C12H10F2N2O2/c1-18-11-4-8(2-3-9(11)7-17)10-5-15-16(6-10)12(13)14/h2-7,12H,1H3. The quantitative estimate of drug-likeness (QED) is 0.786. The first-order valence-corrected chi connectivity index (χ1v) is 5.11. The summed E-state index contributed by atoms with van der Waals surface area (Å²) in [5, 5.41) is 3.55. The molecule has 0 aliphatic heterocycles. The van der Waals surface area contributed by atoms with Crippen LogP contribution >= 0.6 is 0 Å². The second-order valence-corrected chi connectivity index (χ2v) is 3.56. The third-order valence-electron chi connectivity index (χ3n) is 2.50. The van der Waals surface area contributed by atoms with Crippen LogP contribution in [0.5, 0.6) is 5.75 Å². The van der Waals surface area contributed by atoms with Crippen LogP contribution in [0.25, 0.3) is 11.1 Å². The molecule has 0 spiro atoms. The SMILES string of the molecule is COc1cc(-c2cnn(C(F)F)c2)ccc1C=O. The van der Waals surface area contributed by atoms with Crippen molar-refractivity contribution in [3.05, 3.63) is 36.2 Å². The van der Waals surface area contributed by atoms with Crippen LogP contribution in [-0.2, 0) is 0 Å². The first-order chi connectivity index (χ1) is 8.65. The van der Waals surface area contributed by atoms with Gasteiger partial charge in [0.2, 0.25) is 0 Å². The van der Waals surface area contributed by atoms with Gasteiger partial charge in [-0.15, -0.1) is 0 Å². The van der Waals surface area contributed by atoms with Gasteiger partial charge in [0, 0.05) is 11.8 Å². The van der Waals surface area contributed by atoms with Crippen LogP contribution in [0.1, 0.15) is 16.9 Å². The molecule has 0 aliphatic rings. The largest absolute Gasteiger partial charge is 0.496 e. The Morgan fingerprint density at radius 3 is 2.72 bits per heavy atom. The van der Waals surface area contributed by atoms with Gasteiger partial charge in [-0.3, -0.25) is 4.79 Å². The molecule has 4 nitrogen and oxygen atoms in total. The molecule has 94 valence electrons. The number of hydrogen-bond acceptors (Lipinski definition) is 3. The van der Waals surface area contributed by atoms with Gasteiger partial charge in [0.15, 0.2) is 6.29 Å². The summed E-state index contributed by atoms with van der Waals surface area (Å²) < 4.78 is 30.4. The van der Waals surface area contributed by atoms with Crippen molar-refractivity contribution in [2.75, 3.05) is 7.11 Å². The first kappa shape index (κ1) is 12.2. The predicted octanol–water partition coefficient (Wildman–Crippen LogP) is 2.77. The molecule has 2 rings (SSSR count). The van der Waals surface area contributed by atoms with Crippen molar-refractivity contribution in [1.29, 1.82) is 0 Å². The van der Waals surface area contributed by atoms with Crippen LogP contribution in [-0.4, -0.2) is 23.2 Å². The first-order valence-electron chi connectivity index (χ1n) is 5.11. The van der Waals surface area contributed by atoms with Gasteiger partial charge >= 0.3 is 6.55 Å². The normalized spacial score (nSPS) is 10.7. The van der Waals surface area contributed by atoms with E-state index in [1.807, 2.05) is 0 Å². The van der Waals surface area contributed by atoms with E-state index in [9.17, 15) is 13.6 Å². The van der Waals surface area contributed by atoms with Gasteiger partial charge in [-0.1, -0.05) is 6.07 Å².